The molecule has 0 aliphatic rings. The average Bonchev–Trinajstić information content (AvgIpc) is 2.17. The number of aromatic nitrogens is 1. The minimum absolute atomic E-state index is 0.306. The molecule has 0 aliphatic carbocycles. The van der Waals surface area contributed by atoms with E-state index >= 15 is 0 Å². The van der Waals surface area contributed by atoms with Crippen LogP contribution in [0.5, 0.6) is 0 Å². The van der Waals surface area contributed by atoms with Gasteiger partial charge in [0.25, 0.3) is 5.56 Å². The van der Waals surface area contributed by atoms with Crippen LogP contribution in [-0.2, 0) is 0 Å². The molecule has 0 bridgehead atoms. The van der Waals surface area contributed by atoms with Crippen LogP contribution in [0.25, 0.3) is 10.1 Å². The van der Waals surface area contributed by atoms with Crippen LogP contribution in [0.1, 0.15) is 0 Å². The Balaban J connectivity index is 2.89. The average molecular weight is 225 g/mol. The molecule has 1 aromatic heterocycles. The van der Waals surface area contributed by atoms with Gasteiger partial charge in [0.1, 0.15) is 0 Å². The van der Waals surface area contributed by atoms with E-state index in [1.54, 1.807) is 17.8 Å². The summed E-state index contributed by atoms with van der Waals surface area (Å²) in [6.45, 7) is 0. The molecule has 5 heteroatoms. The molecule has 1 N–H and O–H groups in total. The van der Waals surface area contributed by atoms with Gasteiger partial charge in [-0.2, -0.15) is 0 Å². The zero-order valence-electron chi connectivity index (χ0n) is 7.37. The van der Waals surface area contributed by atoms with E-state index in [1.165, 1.54) is 0 Å². The van der Waals surface area contributed by atoms with Crippen molar-refractivity contribution in [3.63, 3.8) is 0 Å². The third-order valence-electron chi connectivity index (χ3n) is 1.85. The predicted octanol–water partition coefficient (Wildman–Crippen LogP) is 1.67. The highest BCUT2D eigenvalue weighted by Gasteiger charge is 2.01. The Morgan fingerprint density at radius 2 is 2.14 bits per heavy atom. The second-order valence-corrected chi connectivity index (χ2v) is 4.60. The number of hydrogen-bond donors (Lipinski definition) is 1. The molecule has 0 spiro atoms. The second-order valence-electron chi connectivity index (χ2n) is 2.71. The molecule has 0 atom stereocenters. The van der Waals surface area contributed by atoms with Crippen LogP contribution in [-0.4, -0.2) is 11.2 Å². The van der Waals surface area contributed by atoms with E-state index in [0.29, 0.717) is 5.39 Å². The Labute approximate surface area is 87.8 Å². The molecule has 72 valence electrons. The van der Waals surface area contributed by atoms with Gasteiger partial charge < -0.3 is 0 Å². The van der Waals surface area contributed by atoms with E-state index in [2.05, 4.69) is 4.98 Å². The SMILES string of the molecule is CSc1ccc2sc(=O)[nH]c(=O)c2c1. The summed E-state index contributed by atoms with van der Waals surface area (Å²) in [4.78, 5) is 25.4. The van der Waals surface area contributed by atoms with Crippen LogP contribution in [0.15, 0.2) is 32.7 Å². The zero-order chi connectivity index (χ0) is 10.1. The summed E-state index contributed by atoms with van der Waals surface area (Å²) in [5, 5.41) is 0.585. The summed E-state index contributed by atoms with van der Waals surface area (Å²) in [5.41, 5.74) is -0.306. The standard InChI is InChI=1S/C9H7NO2S2/c1-13-5-2-3-7-6(4-5)8(11)10-9(12)14-7/h2-4H,1H3,(H,10,11,12). The number of nitrogens with one attached hydrogen (secondary N) is 1. The van der Waals surface area contributed by atoms with Gasteiger partial charge in [-0.05, 0) is 24.5 Å². The highest BCUT2D eigenvalue weighted by molar-refractivity contribution is 7.98. The van der Waals surface area contributed by atoms with Crippen LogP contribution in [0, 0.1) is 0 Å². The smallest absolute Gasteiger partial charge is 0.280 e. The number of fused-ring (bicyclic) bond motifs is 1. The monoisotopic (exact) mass is 225 g/mol. The van der Waals surface area contributed by atoms with Crippen molar-refractivity contribution in [1.29, 1.82) is 0 Å². The summed E-state index contributed by atoms with van der Waals surface area (Å²) in [7, 11) is 0. The molecule has 1 heterocycles. The number of benzene rings is 1. The van der Waals surface area contributed by atoms with Crippen molar-refractivity contribution >= 4 is 33.2 Å². The van der Waals surface area contributed by atoms with Crippen LogP contribution in [0.4, 0.5) is 0 Å². The van der Waals surface area contributed by atoms with Gasteiger partial charge in [0.2, 0.25) is 0 Å². The Kier molecular flexibility index (Phi) is 2.43. The quantitative estimate of drug-likeness (QED) is 0.751. The Bertz CT molecular complexity index is 585. The highest BCUT2D eigenvalue weighted by atomic mass is 32.2. The lowest BCUT2D eigenvalue weighted by molar-refractivity contribution is 1.25. The molecule has 14 heavy (non-hydrogen) atoms. The summed E-state index contributed by atoms with van der Waals surface area (Å²) < 4.78 is 0.733. The predicted molar refractivity (Wildman–Crippen MR) is 60.5 cm³/mol. The fourth-order valence-corrected chi connectivity index (χ4v) is 2.37. The third-order valence-corrected chi connectivity index (χ3v) is 3.44. The van der Waals surface area contributed by atoms with E-state index in [4.69, 9.17) is 0 Å². The molecule has 0 unspecified atom stereocenters. The van der Waals surface area contributed by atoms with Gasteiger partial charge in [0.05, 0.1) is 5.39 Å². The molecule has 0 aliphatic heterocycles. The first-order chi connectivity index (χ1) is 6.70. The maximum Gasteiger partial charge on any atom is 0.307 e. The zero-order valence-corrected chi connectivity index (χ0v) is 9.00. The van der Waals surface area contributed by atoms with Crippen molar-refractivity contribution in [2.45, 2.75) is 4.90 Å². The van der Waals surface area contributed by atoms with Crippen molar-refractivity contribution in [3.8, 4) is 0 Å². The van der Waals surface area contributed by atoms with Crippen LogP contribution in [0.3, 0.4) is 0 Å². The Hall–Kier alpha value is -1.07. The van der Waals surface area contributed by atoms with Crippen LogP contribution in [0.2, 0.25) is 0 Å². The lowest BCUT2D eigenvalue weighted by Crippen LogP contribution is -2.15. The summed E-state index contributed by atoms with van der Waals surface area (Å²) in [6.07, 6.45) is 1.95. The van der Waals surface area contributed by atoms with Crippen molar-refractivity contribution in [2.24, 2.45) is 0 Å². The van der Waals surface area contributed by atoms with Crippen molar-refractivity contribution in [3.05, 3.63) is 38.2 Å². The molecule has 0 amide bonds. The van der Waals surface area contributed by atoms with Crippen molar-refractivity contribution < 1.29 is 0 Å². The maximum atomic E-state index is 11.4. The normalized spacial score (nSPS) is 10.6. The molecule has 0 saturated heterocycles. The Morgan fingerprint density at radius 3 is 2.86 bits per heavy atom. The van der Waals surface area contributed by atoms with E-state index in [1.807, 2.05) is 18.4 Å². The molecule has 2 rings (SSSR count). The van der Waals surface area contributed by atoms with Crippen LogP contribution >= 0.6 is 23.1 Å². The molecule has 1 aromatic carbocycles. The molecule has 0 fully saturated rings. The lowest BCUT2D eigenvalue weighted by Gasteiger charge is -1.97. The third kappa shape index (κ3) is 1.60. The minimum Gasteiger partial charge on any atom is -0.280 e. The lowest BCUT2D eigenvalue weighted by atomic mass is 10.3. The summed E-state index contributed by atoms with van der Waals surface area (Å²) in [5.74, 6) is 0. The first-order valence-electron chi connectivity index (χ1n) is 3.92. The molecule has 0 radical (unpaired) electrons. The van der Waals surface area contributed by atoms with Crippen molar-refractivity contribution in [1.82, 2.24) is 4.98 Å². The molecular weight excluding hydrogens is 218 g/mol. The van der Waals surface area contributed by atoms with E-state index < -0.39 is 0 Å². The second kappa shape index (κ2) is 3.59. The molecule has 0 saturated carbocycles. The fraction of sp³-hybridized carbons (Fsp3) is 0.111. The van der Waals surface area contributed by atoms with E-state index in [-0.39, 0.29) is 10.4 Å². The van der Waals surface area contributed by atoms with Gasteiger partial charge in [-0.3, -0.25) is 14.6 Å². The highest BCUT2D eigenvalue weighted by Crippen LogP contribution is 2.20. The topological polar surface area (TPSA) is 49.9 Å². The van der Waals surface area contributed by atoms with E-state index in [9.17, 15) is 9.59 Å². The summed E-state index contributed by atoms with van der Waals surface area (Å²) in [6, 6.07) is 5.51. The number of rotatable bonds is 1. The number of H-pyrrole nitrogens is 1. The first-order valence-corrected chi connectivity index (χ1v) is 5.96. The van der Waals surface area contributed by atoms with Gasteiger partial charge in [0.15, 0.2) is 0 Å². The number of hydrogen-bond acceptors (Lipinski definition) is 4. The molecular formula is C9H7NO2S2. The first kappa shape index (κ1) is 9.48. The molecule has 2 aromatic rings. The van der Waals surface area contributed by atoms with Crippen molar-refractivity contribution in [2.75, 3.05) is 6.26 Å². The Morgan fingerprint density at radius 1 is 1.36 bits per heavy atom. The van der Waals surface area contributed by atoms with Gasteiger partial charge in [0, 0.05) is 9.60 Å². The van der Waals surface area contributed by atoms with Gasteiger partial charge in [-0.1, -0.05) is 11.3 Å². The minimum atomic E-state index is -0.306. The fourth-order valence-electron chi connectivity index (χ4n) is 1.19. The summed E-state index contributed by atoms with van der Waals surface area (Å²) >= 11 is 2.62. The maximum absolute atomic E-state index is 11.4. The largest absolute Gasteiger partial charge is 0.307 e. The van der Waals surface area contributed by atoms with Gasteiger partial charge in [-0.15, -0.1) is 11.8 Å². The van der Waals surface area contributed by atoms with E-state index in [0.717, 1.165) is 20.9 Å². The number of thioether (sulfide) groups is 1. The van der Waals surface area contributed by atoms with Gasteiger partial charge in [-0.25, -0.2) is 0 Å². The van der Waals surface area contributed by atoms with Gasteiger partial charge >= 0.3 is 4.87 Å². The number of aromatic amines is 1. The van der Waals surface area contributed by atoms with Crippen LogP contribution < -0.4 is 10.4 Å². The molecule has 3 nitrogen and oxygen atoms in total.